The zero-order valence-corrected chi connectivity index (χ0v) is 12.9. The monoisotopic (exact) mass is 357 g/mol. The number of Topliss-reactive ketones (excluding diaryl/α,β-unsaturated/α-hetero) is 1. The van der Waals surface area contributed by atoms with Gasteiger partial charge in [-0.25, -0.2) is 0 Å². The third-order valence-corrected chi connectivity index (χ3v) is 4.04. The van der Waals surface area contributed by atoms with Crippen LogP contribution in [0.1, 0.15) is 15.9 Å². The molecule has 2 rings (SSSR count). The summed E-state index contributed by atoms with van der Waals surface area (Å²) in [6.45, 7) is 0. The molecule has 0 heterocycles. The maximum absolute atomic E-state index is 12.2. The number of benzene rings is 2. The number of nitrogens with two attached hydrogens (primary N) is 1. The average Bonchev–Trinajstić information content (AvgIpc) is 2.33. The molecule has 2 aromatic carbocycles. The van der Waals surface area contributed by atoms with Crippen molar-refractivity contribution in [1.29, 1.82) is 0 Å². The Labute approximate surface area is 129 Å². The van der Waals surface area contributed by atoms with Gasteiger partial charge in [-0.2, -0.15) is 0 Å². The summed E-state index contributed by atoms with van der Waals surface area (Å²) in [5, 5.41) is 0.926. The van der Waals surface area contributed by atoms with Gasteiger partial charge in [0, 0.05) is 22.1 Å². The van der Waals surface area contributed by atoms with E-state index in [1.807, 2.05) is 0 Å². The Morgan fingerprint density at radius 2 is 1.84 bits per heavy atom. The standard InChI is InChI=1S/C14H10BrCl2NO/c15-11-7-9(18)2-3-10(11)14(19)6-8-1-4-12(16)13(17)5-8/h1-5,7H,6,18H2. The molecule has 2 N–H and O–H groups in total. The molecular weight excluding hydrogens is 349 g/mol. The minimum absolute atomic E-state index is 0.00901. The highest BCUT2D eigenvalue weighted by Gasteiger charge is 2.11. The SMILES string of the molecule is Nc1ccc(C(=O)Cc2ccc(Cl)c(Cl)c2)c(Br)c1. The van der Waals surface area contributed by atoms with Crippen LogP contribution in [0.2, 0.25) is 10.0 Å². The van der Waals surface area contributed by atoms with Crippen molar-refractivity contribution in [2.75, 3.05) is 5.73 Å². The molecule has 0 saturated carbocycles. The predicted octanol–water partition coefficient (Wildman–Crippen LogP) is 4.76. The first-order chi connectivity index (χ1) is 8.97. The van der Waals surface area contributed by atoms with Crippen LogP contribution >= 0.6 is 39.1 Å². The summed E-state index contributed by atoms with van der Waals surface area (Å²) in [5.74, 6) is -0.00901. The number of hydrogen-bond acceptors (Lipinski definition) is 2. The van der Waals surface area contributed by atoms with E-state index in [1.54, 1.807) is 36.4 Å². The quantitative estimate of drug-likeness (QED) is 0.634. The third kappa shape index (κ3) is 3.50. The van der Waals surface area contributed by atoms with Crippen molar-refractivity contribution in [2.45, 2.75) is 6.42 Å². The molecule has 0 bridgehead atoms. The van der Waals surface area contributed by atoms with E-state index in [0.717, 1.165) is 5.56 Å². The van der Waals surface area contributed by atoms with E-state index in [2.05, 4.69) is 15.9 Å². The molecule has 19 heavy (non-hydrogen) atoms. The largest absolute Gasteiger partial charge is 0.399 e. The fraction of sp³-hybridized carbons (Fsp3) is 0.0714. The Hall–Kier alpha value is -1.03. The lowest BCUT2D eigenvalue weighted by Crippen LogP contribution is -2.05. The van der Waals surface area contributed by atoms with Crippen LogP contribution < -0.4 is 5.73 Å². The van der Waals surface area contributed by atoms with Crippen LogP contribution in [0.3, 0.4) is 0 Å². The highest BCUT2D eigenvalue weighted by Crippen LogP contribution is 2.25. The molecule has 0 aliphatic rings. The lowest BCUT2D eigenvalue weighted by Gasteiger charge is -2.06. The van der Waals surface area contributed by atoms with Gasteiger partial charge in [0.25, 0.3) is 0 Å². The highest BCUT2D eigenvalue weighted by atomic mass is 79.9. The number of nitrogen functional groups attached to an aromatic ring is 1. The lowest BCUT2D eigenvalue weighted by atomic mass is 10.0. The number of carbonyl (C=O) groups is 1. The molecule has 2 aromatic rings. The summed E-state index contributed by atoms with van der Waals surface area (Å²) in [6, 6.07) is 10.3. The number of ketones is 1. The third-order valence-electron chi connectivity index (χ3n) is 2.64. The van der Waals surface area contributed by atoms with Crippen molar-refractivity contribution in [1.82, 2.24) is 0 Å². The minimum Gasteiger partial charge on any atom is -0.399 e. The van der Waals surface area contributed by atoms with Crippen molar-refractivity contribution in [3.8, 4) is 0 Å². The van der Waals surface area contributed by atoms with Crippen molar-refractivity contribution >= 4 is 50.6 Å². The van der Waals surface area contributed by atoms with Crippen molar-refractivity contribution in [2.24, 2.45) is 0 Å². The van der Waals surface area contributed by atoms with E-state index in [0.29, 0.717) is 25.8 Å². The summed E-state index contributed by atoms with van der Waals surface area (Å²) in [5.41, 5.74) is 7.67. The van der Waals surface area contributed by atoms with Crippen LogP contribution in [-0.4, -0.2) is 5.78 Å². The van der Waals surface area contributed by atoms with Gasteiger partial charge in [-0.15, -0.1) is 0 Å². The molecule has 2 nitrogen and oxygen atoms in total. The van der Waals surface area contributed by atoms with Crippen LogP contribution in [-0.2, 0) is 6.42 Å². The minimum atomic E-state index is -0.00901. The Morgan fingerprint density at radius 1 is 1.11 bits per heavy atom. The molecule has 0 aromatic heterocycles. The normalized spacial score (nSPS) is 10.5. The molecule has 0 aliphatic heterocycles. The summed E-state index contributed by atoms with van der Waals surface area (Å²) in [4.78, 5) is 12.2. The second kappa shape index (κ2) is 5.95. The summed E-state index contributed by atoms with van der Waals surface area (Å²) >= 11 is 15.1. The molecule has 5 heteroatoms. The van der Waals surface area contributed by atoms with Gasteiger partial charge >= 0.3 is 0 Å². The van der Waals surface area contributed by atoms with Gasteiger partial charge in [-0.05, 0) is 51.8 Å². The Morgan fingerprint density at radius 3 is 2.47 bits per heavy atom. The molecule has 98 valence electrons. The molecule has 0 spiro atoms. The summed E-state index contributed by atoms with van der Waals surface area (Å²) in [6.07, 6.45) is 0.263. The molecular formula is C14H10BrCl2NO. The van der Waals surface area contributed by atoms with Crippen LogP contribution in [0, 0.1) is 0 Å². The van der Waals surface area contributed by atoms with E-state index in [1.165, 1.54) is 0 Å². The zero-order chi connectivity index (χ0) is 14.0. The van der Waals surface area contributed by atoms with Crippen molar-refractivity contribution in [3.63, 3.8) is 0 Å². The smallest absolute Gasteiger partial charge is 0.168 e. The number of carbonyl (C=O) groups excluding carboxylic acids is 1. The molecule has 0 amide bonds. The van der Waals surface area contributed by atoms with Gasteiger partial charge in [-0.3, -0.25) is 4.79 Å². The van der Waals surface area contributed by atoms with Crippen LogP contribution in [0.4, 0.5) is 5.69 Å². The second-order valence-electron chi connectivity index (χ2n) is 4.09. The lowest BCUT2D eigenvalue weighted by molar-refractivity contribution is 0.0992. The van der Waals surface area contributed by atoms with E-state index >= 15 is 0 Å². The molecule has 0 unspecified atom stereocenters. The Kier molecular flexibility index (Phi) is 4.50. The fourth-order valence-electron chi connectivity index (χ4n) is 1.69. The van der Waals surface area contributed by atoms with E-state index in [4.69, 9.17) is 28.9 Å². The van der Waals surface area contributed by atoms with Gasteiger partial charge in [0.15, 0.2) is 5.78 Å². The first-order valence-electron chi connectivity index (χ1n) is 5.49. The first-order valence-corrected chi connectivity index (χ1v) is 7.04. The summed E-state index contributed by atoms with van der Waals surface area (Å²) in [7, 11) is 0. The molecule has 0 fully saturated rings. The average molecular weight is 359 g/mol. The molecule has 0 atom stereocenters. The summed E-state index contributed by atoms with van der Waals surface area (Å²) < 4.78 is 0.692. The second-order valence-corrected chi connectivity index (χ2v) is 5.76. The zero-order valence-electron chi connectivity index (χ0n) is 9.79. The van der Waals surface area contributed by atoms with Crippen LogP contribution in [0.5, 0.6) is 0 Å². The number of halogens is 3. The van der Waals surface area contributed by atoms with Crippen LogP contribution in [0.25, 0.3) is 0 Å². The highest BCUT2D eigenvalue weighted by molar-refractivity contribution is 9.10. The van der Waals surface area contributed by atoms with E-state index in [-0.39, 0.29) is 12.2 Å². The predicted molar refractivity (Wildman–Crippen MR) is 83.1 cm³/mol. The fourth-order valence-corrected chi connectivity index (χ4v) is 2.63. The Bertz CT molecular complexity index is 643. The van der Waals surface area contributed by atoms with Gasteiger partial charge in [0.2, 0.25) is 0 Å². The topological polar surface area (TPSA) is 43.1 Å². The first kappa shape index (κ1) is 14.4. The maximum atomic E-state index is 12.2. The number of hydrogen-bond donors (Lipinski definition) is 1. The Balaban J connectivity index is 2.23. The van der Waals surface area contributed by atoms with Crippen molar-refractivity contribution in [3.05, 3.63) is 62.0 Å². The van der Waals surface area contributed by atoms with Gasteiger partial charge < -0.3 is 5.73 Å². The molecule has 0 aliphatic carbocycles. The molecule has 0 radical (unpaired) electrons. The number of anilines is 1. The van der Waals surface area contributed by atoms with Gasteiger partial charge in [0.05, 0.1) is 10.0 Å². The van der Waals surface area contributed by atoms with E-state index < -0.39 is 0 Å². The van der Waals surface area contributed by atoms with E-state index in [9.17, 15) is 4.79 Å². The molecule has 0 saturated heterocycles. The van der Waals surface area contributed by atoms with Gasteiger partial charge in [-0.1, -0.05) is 29.3 Å². The van der Waals surface area contributed by atoms with Crippen LogP contribution in [0.15, 0.2) is 40.9 Å². The van der Waals surface area contributed by atoms with Gasteiger partial charge in [0.1, 0.15) is 0 Å². The number of rotatable bonds is 3. The maximum Gasteiger partial charge on any atom is 0.168 e. The van der Waals surface area contributed by atoms with Crippen molar-refractivity contribution < 1.29 is 4.79 Å².